The predicted molar refractivity (Wildman–Crippen MR) is 98.7 cm³/mol. The van der Waals surface area contributed by atoms with Crippen molar-refractivity contribution in [3.63, 3.8) is 0 Å². The van der Waals surface area contributed by atoms with Crippen LogP contribution in [0.3, 0.4) is 0 Å². The van der Waals surface area contributed by atoms with Gasteiger partial charge in [-0.2, -0.15) is 14.9 Å². The van der Waals surface area contributed by atoms with Gasteiger partial charge in [-0.05, 0) is 37.6 Å². The minimum Gasteiger partial charge on any atom is -0.344 e. The van der Waals surface area contributed by atoms with Gasteiger partial charge in [0.05, 0.1) is 17.9 Å². The lowest BCUT2D eigenvalue weighted by atomic mass is 10.2. The number of carbonyl (C=O) groups is 1. The number of nitrogens with zero attached hydrogens (tertiary/aromatic N) is 4. The zero-order valence-corrected chi connectivity index (χ0v) is 15.4. The van der Waals surface area contributed by atoms with Gasteiger partial charge in [0.2, 0.25) is 0 Å². The maximum Gasteiger partial charge on any atom is 0.272 e. The summed E-state index contributed by atoms with van der Waals surface area (Å²) in [7, 11) is 1.81. The van der Waals surface area contributed by atoms with Crippen molar-refractivity contribution in [2.45, 2.75) is 19.9 Å². The van der Waals surface area contributed by atoms with Crippen molar-refractivity contribution >= 4 is 17.5 Å². The highest BCUT2D eigenvalue weighted by atomic mass is 35.5. The zero-order chi connectivity index (χ0) is 18.8. The molecule has 1 aromatic carbocycles. The lowest BCUT2D eigenvalue weighted by molar-refractivity contribution is 0.0933. The van der Waals surface area contributed by atoms with E-state index in [4.69, 9.17) is 11.6 Å². The van der Waals surface area contributed by atoms with Crippen LogP contribution >= 0.6 is 11.6 Å². The van der Waals surface area contributed by atoms with Gasteiger partial charge in [0, 0.05) is 29.9 Å². The number of aryl methyl sites for hydroxylation is 2. The van der Waals surface area contributed by atoms with Gasteiger partial charge in [-0.3, -0.25) is 14.3 Å². The van der Waals surface area contributed by atoms with E-state index in [0.29, 0.717) is 10.7 Å². The van der Waals surface area contributed by atoms with Crippen LogP contribution in [0.2, 0.25) is 5.02 Å². The molecule has 2 heterocycles. The van der Waals surface area contributed by atoms with Crippen molar-refractivity contribution in [3.05, 3.63) is 74.9 Å². The molecule has 3 rings (SSSR count). The molecule has 0 spiro atoms. The van der Waals surface area contributed by atoms with Crippen molar-refractivity contribution in [1.82, 2.24) is 24.9 Å². The molecule has 8 heteroatoms. The first kappa shape index (κ1) is 17.9. The second-order valence-electron chi connectivity index (χ2n) is 6.04. The summed E-state index contributed by atoms with van der Waals surface area (Å²) < 4.78 is 2.83. The number of nitrogens with one attached hydrogen (secondary N) is 1. The number of halogens is 1. The van der Waals surface area contributed by atoms with Crippen molar-refractivity contribution < 1.29 is 4.79 Å². The summed E-state index contributed by atoms with van der Waals surface area (Å²) in [6, 6.07) is 7.64. The highest BCUT2D eigenvalue weighted by molar-refractivity contribution is 6.31. The van der Waals surface area contributed by atoms with E-state index in [1.54, 1.807) is 29.1 Å². The Morgan fingerprint density at radius 1 is 1.27 bits per heavy atom. The SMILES string of the molecule is Cc1ccc(-n2nc(C(=O)NC(C)c3cnn(C)c3)ccc2=O)cc1Cl. The monoisotopic (exact) mass is 371 g/mol. The van der Waals surface area contributed by atoms with Crippen LogP contribution in [-0.2, 0) is 7.05 Å². The molecule has 1 atom stereocenters. The molecule has 0 radical (unpaired) electrons. The lowest BCUT2D eigenvalue weighted by Gasteiger charge is -2.12. The fourth-order valence-corrected chi connectivity index (χ4v) is 2.62. The Morgan fingerprint density at radius 2 is 2.04 bits per heavy atom. The van der Waals surface area contributed by atoms with E-state index in [-0.39, 0.29) is 23.2 Å². The van der Waals surface area contributed by atoms with E-state index in [1.807, 2.05) is 27.1 Å². The minimum atomic E-state index is -0.381. The van der Waals surface area contributed by atoms with Gasteiger partial charge in [-0.15, -0.1) is 0 Å². The van der Waals surface area contributed by atoms with E-state index in [2.05, 4.69) is 15.5 Å². The molecule has 0 saturated heterocycles. The number of hydrogen-bond acceptors (Lipinski definition) is 4. The molecule has 3 aromatic rings. The van der Waals surface area contributed by atoms with E-state index in [1.165, 1.54) is 12.1 Å². The number of aromatic nitrogens is 4. The molecule has 26 heavy (non-hydrogen) atoms. The topological polar surface area (TPSA) is 81.8 Å². The first-order chi connectivity index (χ1) is 12.3. The molecule has 1 N–H and O–H groups in total. The Kier molecular flexibility index (Phi) is 4.90. The first-order valence-electron chi connectivity index (χ1n) is 8.01. The van der Waals surface area contributed by atoms with Gasteiger partial charge >= 0.3 is 0 Å². The van der Waals surface area contributed by atoms with Gasteiger partial charge in [0.15, 0.2) is 0 Å². The average molecular weight is 372 g/mol. The number of hydrogen-bond donors (Lipinski definition) is 1. The van der Waals surface area contributed by atoms with Crippen molar-refractivity contribution in [3.8, 4) is 5.69 Å². The minimum absolute atomic E-state index is 0.136. The average Bonchev–Trinajstić information content (AvgIpc) is 3.04. The summed E-state index contributed by atoms with van der Waals surface area (Å²) in [4.78, 5) is 24.7. The van der Waals surface area contributed by atoms with E-state index >= 15 is 0 Å². The summed E-state index contributed by atoms with van der Waals surface area (Å²) >= 11 is 6.13. The molecule has 0 bridgehead atoms. The van der Waals surface area contributed by atoms with Crippen LogP contribution in [0, 0.1) is 6.92 Å². The van der Waals surface area contributed by atoms with Gasteiger partial charge < -0.3 is 5.32 Å². The molecule has 0 fully saturated rings. The summed E-state index contributed by atoms with van der Waals surface area (Å²) in [6.45, 7) is 3.72. The zero-order valence-electron chi connectivity index (χ0n) is 14.6. The van der Waals surface area contributed by atoms with Crippen molar-refractivity contribution in [2.75, 3.05) is 0 Å². The number of amides is 1. The first-order valence-corrected chi connectivity index (χ1v) is 8.39. The maximum atomic E-state index is 12.5. The molecule has 134 valence electrons. The van der Waals surface area contributed by atoms with Crippen LogP contribution in [0.4, 0.5) is 0 Å². The molecular weight excluding hydrogens is 354 g/mol. The Bertz CT molecular complexity index is 1020. The molecule has 2 aromatic heterocycles. The number of benzene rings is 1. The third-order valence-corrected chi connectivity index (χ3v) is 4.41. The van der Waals surface area contributed by atoms with Crippen molar-refractivity contribution in [2.24, 2.45) is 7.05 Å². The Balaban J connectivity index is 1.87. The Labute approximate surface area is 155 Å². The van der Waals surface area contributed by atoms with Crippen LogP contribution in [0.1, 0.15) is 34.6 Å². The highest BCUT2D eigenvalue weighted by Gasteiger charge is 2.15. The van der Waals surface area contributed by atoms with Gasteiger partial charge in [0.1, 0.15) is 5.69 Å². The van der Waals surface area contributed by atoms with E-state index in [9.17, 15) is 9.59 Å². The van der Waals surface area contributed by atoms with Crippen LogP contribution in [0.5, 0.6) is 0 Å². The second kappa shape index (κ2) is 7.13. The summed E-state index contributed by atoms with van der Waals surface area (Å²) in [5.41, 5.74) is 2.06. The fourth-order valence-electron chi connectivity index (χ4n) is 2.45. The smallest absolute Gasteiger partial charge is 0.272 e. The number of carbonyl (C=O) groups excluding carboxylic acids is 1. The number of rotatable bonds is 4. The van der Waals surface area contributed by atoms with Gasteiger partial charge in [0.25, 0.3) is 11.5 Å². The largest absolute Gasteiger partial charge is 0.344 e. The fraction of sp³-hybridized carbons (Fsp3) is 0.222. The third-order valence-electron chi connectivity index (χ3n) is 4.01. The molecular formula is C18H18ClN5O2. The standard InChI is InChI=1S/C18H18ClN5O2/c1-11-4-5-14(8-15(11)19)24-17(25)7-6-16(22-24)18(26)21-12(2)13-9-20-23(3)10-13/h4-10,12H,1-3H3,(H,21,26). The molecule has 7 nitrogen and oxygen atoms in total. The normalized spacial score (nSPS) is 12.0. The van der Waals surface area contributed by atoms with Gasteiger partial charge in [-0.1, -0.05) is 17.7 Å². The summed E-state index contributed by atoms with van der Waals surface area (Å²) in [5.74, 6) is -0.381. The second-order valence-corrected chi connectivity index (χ2v) is 6.45. The Morgan fingerprint density at radius 3 is 2.69 bits per heavy atom. The molecule has 0 saturated carbocycles. The van der Waals surface area contributed by atoms with Crippen molar-refractivity contribution in [1.29, 1.82) is 0 Å². The quantitative estimate of drug-likeness (QED) is 0.763. The Hall–Kier alpha value is -2.93. The molecule has 1 unspecified atom stereocenters. The van der Waals surface area contributed by atoms with Crippen LogP contribution < -0.4 is 10.9 Å². The molecule has 0 aliphatic heterocycles. The maximum absolute atomic E-state index is 12.5. The third kappa shape index (κ3) is 3.67. The summed E-state index contributed by atoms with van der Waals surface area (Å²) in [6.07, 6.45) is 3.52. The molecule has 1 amide bonds. The predicted octanol–water partition coefficient (Wildman–Crippen LogP) is 2.42. The summed E-state index contributed by atoms with van der Waals surface area (Å²) in [5, 5.41) is 11.6. The highest BCUT2D eigenvalue weighted by Crippen LogP contribution is 2.18. The van der Waals surface area contributed by atoms with E-state index in [0.717, 1.165) is 15.8 Å². The molecule has 0 aliphatic rings. The van der Waals surface area contributed by atoms with Gasteiger partial charge in [-0.25, -0.2) is 0 Å². The van der Waals surface area contributed by atoms with Crippen LogP contribution in [-0.4, -0.2) is 25.5 Å². The van der Waals surface area contributed by atoms with Crippen LogP contribution in [0.15, 0.2) is 47.5 Å². The van der Waals surface area contributed by atoms with E-state index < -0.39 is 0 Å². The van der Waals surface area contributed by atoms with Crippen LogP contribution in [0.25, 0.3) is 5.69 Å². The lowest BCUT2D eigenvalue weighted by Crippen LogP contribution is -2.30. The molecule has 0 aliphatic carbocycles.